The van der Waals surface area contributed by atoms with Gasteiger partial charge in [-0.25, -0.2) is 9.97 Å². The van der Waals surface area contributed by atoms with E-state index in [1.165, 1.54) is 12.1 Å². The van der Waals surface area contributed by atoms with Gasteiger partial charge in [0.25, 0.3) is 0 Å². The van der Waals surface area contributed by atoms with Gasteiger partial charge in [-0.15, -0.1) is 0 Å². The van der Waals surface area contributed by atoms with Crippen LogP contribution in [0.5, 0.6) is 0 Å². The molecule has 15 heavy (non-hydrogen) atoms. The zero-order chi connectivity index (χ0) is 10.8. The zero-order valence-electron chi connectivity index (χ0n) is 9.62. The molecule has 0 bridgehead atoms. The molecular weight excluding hydrogens is 188 g/mol. The average Bonchev–Trinajstić information content (AvgIpc) is 2.69. The lowest BCUT2D eigenvalue weighted by atomic mass is 10.0. The van der Waals surface area contributed by atoms with Gasteiger partial charge in [0.05, 0.1) is 5.69 Å². The van der Waals surface area contributed by atoms with Crippen LogP contribution in [0.4, 0.5) is 5.82 Å². The van der Waals surface area contributed by atoms with Crippen molar-refractivity contribution >= 4 is 5.82 Å². The van der Waals surface area contributed by atoms with Gasteiger partial charge in [-0.3, -0.25) is 0 Å². The monoisotopic (exact) mass is 206 g/mol. The van der Waals surface area contributed by atoms with Crippen molar-refractivity contribution in [2.75, 3.05) is 32.1 Å². The molecule has 2 rings (SSSR count). The normalized spacial score (nSPS) is 20.6. The summed E-state index contributed by atoms with van der Waals surface area (Å²) >= 11 is 0. The van der Waals surface area contributed by atoms with Crippen LogP contribution in [-0.2, 0) is 0 Å². The summed E-state index contributed by atoms with van der Waals surface area (Å²) in [6.45, 7) is 4.10. The first kappa shape index (κ1) is 10.4. The highest BCUT2D eigenvalue weighted by atomic mass is 15.1. The Kier molecular flexibility index (Phi) is 2.86. The van der Waals surface area contributed by atoms with E-state index in [4.69, 9.17) is 0 Å². The predicted octanol–water partition coefficient (Wildman–Crippen LogP) is 0.928. The minimum Gasteiger partial charge on any atom is -0.363 e. The van der Waals surface area contributed by atoms with Crippen molar-refractivity contribution in [2.24, 2.45) is 0 Å². The molecule has 1 saturated heterocycles. The second-order valence-electron chi connectivity index (χ2n) is 4.28. The minimum atomic E-state index is 0.561. The molecule has 0 aliphatic carbocycles. The number of hydrogen-bond donors (Lipinski definition) is 1. The maximum atomic E-state index is 4.52. The highest BCUT2D eigenvalue weighted by Crippen LogP contribution is 2.22. The molecule has 1 atom stereocenters. The van der Waals surface area contributed by atoms with Crippen LogP contribution in [0.15, 0.2) is 6.07 Å². The van der Waals surface area contributed by atoms with E-state index in [9.17, 15) is 0 Å². The van der Waals surface area contributed by atoms with Gasteiger partial charge in [-0.1, -0.05) is 0 Å². The molecular formula is C11H18N4. The molecule has 4 nitrogen and oxygen atoms in total. The Hall–Kier alpha value is -1.16. The van der Waals surface area contributed by atoms with Crippen molar-refractivity contribution in [3.63, 3.8) is 0 Å². The molecule has 0 aromatic carbocycles. The van der Waals surface area contributed by atoms with Crippen LogP contribution in [0.1, 0.15) is 23.9 Å². The quantitative estimate of drug-likeness (QED) is 0.781. The van der Waals surface area contributed by atoms with Crippen LogP contribution in [0.2, 0.25) is 0 Å². The standard InChI is InChI=1S/C11H18N4/c1-8-13-10(9-4-5-12-7-9)6-11(14-8)15(2)3/h6,9,12H,4-5,7H2,1-3H3. The number of aromatic nitrogens is 2. The van der Waals surface area contributed by atoms with Gasteiger partial charge in [0.15, 0.2) is 0 Å². The van der Waals surface area contributed by atoms with E-state index in [1.807, 2.05) is 25.9 Å². The maximum absolute atomic E-state index is 4.52. The van der Waals surface area contributed by atoms with Crippen molar-refractivity contribution in [1.82, 2.24) is 15.3 Å². The van der Waals surface area contributed by atoms with Crippen LogP contribution in [0.25, 0.3) is 0 Å². The summed E-state index contributed by atoms with van der Waals surface area (Å²) in [5.41, 5.74) is 1.18. The fourth-order valence-electron chi connectivity index (χ4n) is 1.92. The number of rotatable bonds is 2. The number of nitrogens with zero attached hydrogens (tertiary/aromatic N) is 3. The Bertz CT molecular complexity index is 342. The van der Waals surface area contributed by atoms with Crippen molar-refractivity contribution in [3.8, 4) is 0 Å². The molecule has 1 fully saturated rings. The van der Waals surface area contributed by atoms with Gasteiger partial charge in [0.1, 0.15) is 11.6 Å². The van der Waals surface area contributed by atoms with Crippen molar-refractivity contribution in [2.45, 2.75) is 19.3 Å². The summed E-state index contributed by atoms with van der Waals surface area (Å²) in [5.74, 6) is 2.43. The summed E-state index contributed by atoms with van der Waals surface area (Å²) in [6, 6.07) is 2.10. The second kappa shape index (κ2) is 4.14. The Labute approximate surface area is 90.7 Å². The van der Waals surface area contributed by atoms with E-state index < -0.39 is 0 Å². The highest BCUT2D eigenvalue weighted by molar-refractivity contribution is 5.38. The first-order chi connectivity index (χ1) is 7.16. The molecule has 1 aromatic rings. The fourth-order valence-corrected chi connectivity index (χ4v) is 1.92. The molecule has 82 valence electrons. The third-order valence-corrected chi connectivity index (χ3v) is 2.78. The molecule has 1 N–H and O–H groups in total. The maximum Gasteiger partial charge on any atom is 0.132 e. The van der Waals surface area contributed by atoms with Gasteiger partial charge in [0, 0.05) is 32.6 Å². The van der Waals surface area contributed by atoms with E-state index in [2.05, 4.69) is 21.4 Å². The van der Waals surface area contributed by atoms with Crippen LogP contribution in [0.3, 0.4) is 0 Å². The van der Waals surface area contributed by atoms with Crippen LogP contribution >= 0.6 is 0 Å². The molecule has 2 heterocycles. The summed E-state index contributed by atoms with van der Waals surface area (Å²) in [7, 11) is 4.02. The Morgan fingerprint density at radius 3 is 2.80 bits per heavy atom. The van der Waals surface area contributed by atoms with Crippen LogP contribution in [0, 0.1) is 6.92 Å². The van der Waals surface area contributed by atoms with Crippen LogP contribution < -0.4 is 10.2 Å². The van der Waals surface area contributed by atoms with Gasteiger partial charge >= 0.3 is 0 Å². The number of aryl methyl sites for hydroxylation is 1. The lowest BCUT2D eigenvalue weighted by molar-refractivity contribution is 0.723. The average molecular weight is 206 g/mol. The predicted molar refractivity (Wildman–Crippen MR) is 61.3 cm³/mol. The van der Waals surface area contributed by atoms with E-state index in [0.717, 1.165) is 24.7 Å². The Morgan fingerprint density at radius 1 is 1.40 bits per heavy atom. The summed E-state index contributed by atoms with van der Waals surface area (Å²) in [6.07, 6.45) is 1.18. The van der Waals surface area contributed by atoms with E-state index in [1.54, 1.807) is 0 Å². The van der Waals surface area contributed by atoms with Crippen molar-refractivity contribution in [1.29, 1.82) is 0 Å². The topological polar surface area (TPSA) is 41.1 Å². The molecule has 4 heteroatoms. The molecule has 1 aliphatic heterocycles. The third-order valence-electron chi connectivity index (χ3n) is 2.78. The summed E-state index contributed by atoms with van der Waals surface area (Å²) in [5, 5.41) is 3.36. The first-order valence-electron chi connectivity index (χ1n) is 5.40. The van der Waals surface area contributed by atoms with Gasteiger partial charge in [-0.05, 0) is 19.9 Å². The van der Waals surface area contributed by atoms with Gasteiger partial charge in [0.2, 0.25) is 0 Å². The number of nitrogens with one attached hydrogen (secondary N) is 1. The van der Waals surface area contributed by atoms with Gasteiger partial charge < -0.3 is 10.2 Å². The molecule has 1 unspecified atom stereocenters. The largest absolute Gasteiger partial charge is 0.363 e. The molecule has 0 spiro atoms. The minimum absolute atomic E-state index is 0.561. The lowest BCUT2D eigenvalue weighted by Gasteiger charge is -2.15. The lowest BCUT2D eigenvalue weighted by Crippen LogP contribution is -2.14. The number of anilines is 1. The SMILES string of the molecule is Cc1nc(C2CCNC2)cc(N(C)C)n1. The smallest absolute Gasteiger partial charge is 0.132 e. The van der Waals surface area contributed by atoms with Crippen molar-refractivity contribution in [3.05, 3.63) is 17.6 Å². The van der Waals surface area contributed by atoms with E-state index in [-0.39, 0.29) is 0 Å². The number of hydrogen-bond acceptors (Lipinski definition) is 4. The molecule has 1 aromatic heterocycles. The molecule has 0 radical (unpaired) electrons. The van der Waals surface area contributed by atoms with E-state index >= 15 is 0 Å². The van der Waals surface area contributed by atoms with Crippen LogP contribution in [-0.4, -0.2) is 37.2 Å². The molecule has 0 amide bonds. The van der Waals surface area contributed by atoms with Crippen molar-refractivity contribution < 1.29 is 0 Å². The summed E-state index contributed by atoms with van der Waals surface area (Å²) < 4.78 is 0. The first-order valence-corrected chi connectivity index (χ1v) is 5.40. The Morgan fingerprint density at radius 2 is 2.20 bits per heavy atom. The molecule has 1 aliphatic rings. The van der Waals surface area contributed by atoms with Gasteiger partial charge in [-0.2, -0.15) is 0 Å². The zero-order valence-corrected chi connectivity index (χ0v) is 9.62. The van der Waals surface area contributed by atoms with E-state index in [0.29, 0.717) is 5.92 Å². The highest BCUT2D eigenvalue weighted by Gasteiger charge is 2.19. The second-order valence-corrected chi connectivity index (χ2v) is 4.28. The molecule has 0 saturated carbocycles. The Balaban J connectivity index is 2.30. The third kappa shape index (κ3) is 2.26. The summed E-state index contributed by atoms with van der Waals surface area (Å²) in [4.78, 5) is 10.9. The fraction of sp³-hybridized carbons (Fsp3) is 0.636.